The third-order valence-corrected chi connectivity index (χ3v) is 7.06. The second-order valence-corrected chi connectivity index (χ2v) is 9.20. The molecule has 1 saturated heterocycles. The summed E-state index contributed by atoms with van der Waals surface area (Å²) in [4.78, 5) is 14.5. The Bertz CT molecular complexity index is 966. The lowest BCUT2D eigenvalue weighted by Crippen LogP contribution is -2.46. The van der Waals surface area contributed by atoms with Gasteiger partial charge in [0.2, 0.25) is 10.0 Å². The van der Waals surface area contributed by atoms with E-state index in [1.165, 1.54) is 16.4 Å². The average Bonchev–Trinajstić information content (AvgIpc) is 2.70. The number of rotatable bonds is 6. The summed E-state index contributed by atoms with van der Waals surface area (Å²) in [5.74, 6) is 0.370. The maximum Gasteiger partial charge on any atom is 0.262 e. The maximum absolute atomic E-state index is 12.7. The molecule has 29 heavy (non-hydrogen) atoms. The number of amides is 1. The van der Waals surface area contributed by atoms with Crippen LogP contribution in [0.4, 0.5) is 5.69 Å². The van der Waals surface area contributed by atoms with Crippen molar-refractivity contribution in [3.05, 3.63) is 53.6 Å². The first-order chi connectivity index (χ1) is 13.8. The van der Waals surface area contributed by atoms with Crippen LogP contribution >= 0.6 is 0 Å². The lowest BCUT2D eigenvalue weighted by atomic mass is 10.1. The van der Waals surface area contributed by atoms with Gasteiger partial charge in [-0.05, 0) is 62.4 Å². The molecule has 2 aromatic rings. The highest BCUT2D eigenvalue weighted by atomic mass is 32.2. The fourth-order valence-electron chi connectivity index (χ4n) is 3.11. The highest BCUT2D eigenvalue weighted by molar-refractivity contribution is 7.89. The van der Waals surface area contributed by atoms with Crippen LogP contribution < -0.4 is 10.1 Å². The van der Waals surface area contributed by atoms with Crippen molar-refractivity contribution in [2.45, 2.75) is 18.7 Å². The summed E-state index contributed by atoms with van der Waals surface area (Å²) in [7, 11) is -1.54. The van der Waals surface area contributed by atoms with Crippen molar-refractivity contribution in [2.75, 3.05) is 45.2 Å². The Morgan fingerprint density at radius 1 is 1.03 bits per heavy atom. The topological polar surface area (TPSA) is 78.9 Å². The average molecular weight is 418 g/mol. The molecule has 156 valence electrons. The van der Waals surface area contributed by atoms with Crippen LogP contribution in [0.5, 0.6) is 5.75 Å². The quantitative estimate of drug-likeness (QED) is 0.780. The molecule has 1 fully saturated rings. The maximum atomic E-state index is 12.7. The van der Waals surface area contributed by atoms with Crippen molar-refractivity contribution in [3.8, 4) is 5.75 Å². The zero-order valence-electron chi connectivity index (χ0n) is 17.0. The van der Waals surface area contributed by atoms with E-state index in [0.717, 1.165) is 11.1 Å². The molecule has 1 N–H and O–H groups in total. The highest BCUT2D eigenvalue weighted by Gasteiger charge is 2.27. The minimum atomic E-state index is -3.52. The lowest BCUT2D eigenvalue weighted by Gasteiger charge is -2.31. The minimum Gasteiger partial charge on any atom is -0.483 e. The standard InChI is InChI=1S/C21H27N3O4S/c1-16-5-4-6-20(17(16)2)28-15-21(25)22-18-7-9-19(10-8-18)29(26,27)24-13-11-23(3)12-14-24/h4-10H,11-15H2,1-3H3,(H,22,25). The van der Waals surface area contributed by atoms with E-state index >= 15 is 0 Å². The highest BCUT2D eigenvalue weighted by Crippen LogP contribution is 2.21. The van der Waals surface area contributed by atoms with E-state index in [9.17, 15) is 13.2 Å². The molecular formula is C21H27N3O4S. The summed E-state index contributed by atoms with van der Waals surface area (Å²) in [6.45, 7) is 6.20. The number of piperazine rings is 1. The summed E-state index contributed by atoms with van der Waals surface area (Å²) in [5.41, 5.74) is 2.62. The second-order valence-electron chi connectivity index (χ2n) is 7.27. The van der Waals surface area contributed by atoms with Crippen molar-refractivity contribution in [3.63, 3.8) is 0 Å². The van der Waals surface area contributed by atoms with E-state index in [4.69, 9.17) is 4.74 Å². The van der Waals surface area contributed by atoms with E-state index < -0.39 is 10.0 Å². The van der Waals surface area contributed by atoms with Gasteiger partial charge in [0.1, 0.15) is 5.75 Å². The van der Waals surface area contributed by atoms with Crippen molar-refractivity contribution in [1.82, 2.24) is 9.21 Å². The van der Waals surface area contributed by atoms with E-state index in [-0.39, 0.29) is 17.4 Å². The molecule has 7 nitrogen and oxygen atoms in total. The minimum absolute atomic E-state index is 0.119. The zero-order chi connectivity index (χ0) is 21.0. The number of likely N-dealkylation sites (N-methyl/N-ethyl adjacent to an activating group) is 1. The van der Waals surface area contributed by atoms with Gasteiger partial charge in [-0.15, -0.1) is 0 Å². The molecule has 0 aliphatic carbocycles. The fraction of sp³-hybridized carbons (Fsp3) is 0.381. The first-order valence-electron chi connectivity index (χ1n) is 9.55. The number of ether oxygens (including phenoxy) is 1. The number of hydrogen-bond donors (Lipinski definition) is 1. The van der Waals surface area contributed by atoms with Gasteiger partial charge in [0.25, 0.3) is 5.91 Å². The van der Waals surface area contributed by atoms with Crippen molar-refractivity contribution in [1.29, 1.82) is 0 Å². The molecule has 1 aliphatic rings. The van der Waals surface area contributed by atoms with E-state index in [0.29, 0.717) is 37.6 Å². The molecule has 3 rings (SSSR count). The van der Waals surface area contributed by atoms with Crippen LogP contribution in [0.25, 0.3) is 0 Å². The van der Waals surface area contributed by atoms with Crippen molar-refractivity contribution in [2.24, 2.45) is 0 Å². The number of nitrogens with one attached hydrogen (secondary N) is 1. The lowest BCUT2D eigenvalue weighted by molar-refractivity contribution is -0.118. The summed E-state index contributed by atoms with van der Waals surface area (Å²) < 4.78 is 32.6. The normalized spacial score (nSPS) is 15.8. The monoisotopic (exact) mass is 417 g/mol. The predicted octanol–water partition coefficient (Wildman–Crippen LogP) is 2.26. The van der Waals surface area contributed by atoms with Crippen LogP contribution in [0.15, 0.2) is 47.4 Å². The van der Waals surface area contributed by atoms with Gasteiger partial charge in [-0.1, -0.05) is 12.1 Å². The molecule has 0 saturated carbocycles. The van der Waals surface area contributed by atoms with E-state index in [1.807, 2.05) is 39.1 Å². The summed E-state index contributed by atoms with van der Waals surface area (Å²) in [6.07, 6.45) is 0. The fourth-order valence-corrected chi connectivity index (χ4v) is 4.53. The van der Waals surface area contributed by atoms with Gasteiger partial charge in [0.15, 0.2) is 6.61 Å². The third kappa shape index (κ3) is 5.14. The van der Waals surface area contributed by atoms with E-state index in [2.05, 4.69) is 10.2 Å². The Morgan fingerprint density at radius 2 is 1.69 bits per heavy atom. The second kappa shape index (κ2) is 8.94. The number of carbonyl (C=O) groups excluding carboxylic acids is 1. The van der Waals surface area contributed by atoms with Crippen LogP contribution in [0.2, 0.25) is 0 Å². The first-order valence-corrected chi connectivity index (χ1v) is 11.0. The van der Waals surface area contributed by atoms with Gasteiger partial charge in [0.05, 0.1) is 4.90 Å². The smallest absolute Gasteiger partial charge is 0.262 e. The first kappa shape index (κ1) is 21.3. The molecule has 8 heteroatoms. The predicted molar refractivity (Wildman–Crippen MR) is 113 cm³/mol. The molecular weight excluding hydrogens is 390 g/mol. The molecule has 0 bridgehead atoms. The third-order valence-electron chi connectivity index (χ3n) is 5.15. The largest absolute Gasteiger partial charge is 0.483 e. The Kier molecular flexibility index (Phi) is 6.56. The number of hydrogen-bond acceptors (Lipinski definition) is 5. The zero-order valence-corrected chi connectivity index (χ0v) is 17.8. The van der Waals surface area contributed by atoms with Gasteiger partial charge in [-0.2, -0.15) is 4.31 Å². The Labute approximate surface area is 172 Å². The van der Waals surface area contributed by atoms with Crippen LogP contribution in [0, 0.1) is 13.8 Å². The Hall–Kier alpha value is -2.42. The van der Waals surface area contributed by atoms with Crippen LogP contribution in [-0.2, 0) is 14.8 Å². The van der Waals surface area contributed by atoms with Gasteiger partial charge >= 0.3 is 0 Å². The molecule has 0 atom stereocenters. The molecule has 2 aromatic carbocycles. The number of sulfonamides is 1. The molecule has 1 heterocycles. The number of anilines is 1. The van der Waals surface area contributed by atoms with Gasteiger partial charge < -0.3 is 15.0 Å². The van der Waals surface area contributed by atoms with Crippen LogP contribution in [0.3, 0.4) is 0 Å². The van der Waals surface area contributed by atoms with Gasteiger partial charge in [-0.3, -0.25) is 4.79 Å². The molecule has 1 amide bonds. The summed E-state index contributed by atoms with van der Waals surface area (Å²) in [5, 5.41) is 2.73. The molecule has 1 aliphatic heterocycles. The molecule has 0 unspecified atom stereocenters. The molecule has 0 aromatic heterocycles. The van der Waals surface area contributed by atoms with Crippen LogP contribution in [-0.4, -0.2) is 63.4 Å². The van der Waals surface area contributed by atoms with Crippen molar-refractivity contribution < 1.29 is 17.9 Å². The number of benzene rings is 2. The summed E-state index contributed by atoms with van der Waals surface area (Å²) >= 11 is 0. The van der Waals surface area contributed by atoms with E-state index in [1.54, 1.807) is 12.1 Å². The number of carbonyl (C=O) groups is 1. The van der Waals surface area contributed by atoms with Crippen molar-refractivity contribution >= 4 is 21.6 Å². The molecule has 0 spiro atoms. The van der Waals surface area contributed by atoms with Gasteiger partial charge in [0, 0.05) is 31.9 Å². The summed E-state index contributed by atoms with van der Waals surface area (Å²) in [6, 6.07) is 11.9. The molecule has 0 radical (unpaired) electrons. The Morgan fingerprint density at radius 3 is 2.34 bits per heavy atom. The van der Waals surface area contributed by atoms with Crippen LogP contribution in [0.1, 0.15) is 11.1 Å². The van der Waals surface area contributed by atoms with Gasteiger partial charge in [-0.25, -0.2) is 8.42 Å². The Balaban J connectivity index is 1.58. The number of aryl methyl sites for hydroxylation is 1. The SMILES string of the molecule is Cc1cccc(OCC(=O)Nc2ccc(S(=O)(=O)N3CCN(C)CC3)cc2)c1C. The number of nitrogens with zero attached hydrogens (tertiary/aromatic N) is 2.